The van der Waals surface area contributed by atoms with Crippen molar-refractivity contribution in [3.63, 3.8) is 0 Å². The summed E-state index contributed by atoms with van der Waals surface area (Å²) in [5.74, 6) is -0.643. The Bertz CT molecular complexity index is 797. The molecule has 24 heavy (non-hydrogen) atoms. The Hall–Kier alpha value is -2.63. The molecule has 1 aromatic carbocycles. The highest BCUT2D eigenvalue weighted by Crippen LogP contribution is 2.29. The molecule has 4 rings (SSSR count). The minimum Gasteiger partial charge on any atom is -0.369 e. The van der Waals surface area contributed by atoms with Gasteiger partial charge in [-0.1, -0.05) is 18.2 Å². The summed E-state index contributed by atoms with van der Waals surface area (Å²) < 4.78 is 1.90. The second-order valence-electron chi connectivity index (χ2n) is 6.51. The van der Waals surface area contributed by atoms with E-state index in [0.717, 1.165) is 36.2 Å². The lowest BCUT2D eigenvalue weighted by atomic mass is 10.1. The normalized spacial score (nSPS) is 19.5. The number of fused-ring (bicyclic) bond motifs is 1. The summed E-state index contributed by atoms with van der Waals surface area (Å²) in [6, 6.07) is 9.90. The fraction of sp³-hybridized carbons (Fsp3) is 0.389. The summed E-state index contributed by atoms with van der Waals surface area (Å²) in [5, 5.41) is 4.63. The SMILES string of the molecule is NC(=O)C1CCN(C(=O)c2nn(-c3ccccc3)c3c2CCC3)C1. The number of likely N-dealkylation sites (tertiary alicyclic amines) is 1. The van der Waals surface area contributed by atoms with Crippen molar-refractivity contribution in [1.29, 1.82) is 0 Å². The van der Waals surface area contributed by atoms with Crippen LogP contribution in [0.2, 0.25) is 0 Å². The lowest BCUT2D eigenvalue weighted by Gasteiger charge is -2.15. The van der Waals surface area contributed by atoms with E-state index in [1.54, 1.807) is 4.90 Å². The number of nitrogens with two attached hydrogens (primary N) is 1. The molecule has 2 amide bonds. The number of amides is 2. The Kier molecular flexibility index (Phi) is 3.59. The molecule has 6 heteroatoms. The molecule has 0 spiro atoms. The van der Waals surface area contributed by atoms with Gasteiger partial charge in [-0.3, -0.25) is 9.59 Å². The van der Waals surface area contributed by atoms with Gasteiger partial charge in [0.25, 0.3) is 5.91 Å². The standard InChI is InChI=1S/C18H20N4O2/c19-17(23)12-9-10-21(11-12)18(24)16-14-7-4-8-15(14)22(20-16)13-5-2-1-3-6-13/h1-3,5-6,12H,4,7-11H2,(H2,19,23). The monoisotopic (exact) mass is 324 g/mol. The lowest BCUT2D eigenvalue weighted by Crippen LogP contribution is -2.32. The van der Waals surface area contributed by atoms with Crippen LogP contribution in [-0.2, 0) is 17.6 Å². The largest absolute Gasteiger partial charge is 0.369 e. The summed E-state index contributed by atoms with van der Waals surface area (Å²) in [4.78, 5) is 26.0. The molecule has 2 aromatic rings. The third kappa shape index (κ3) is 2.38. The molecule has 0 radical (unpaired) electrons. The zero-order valence-corrected chi connectivity index (χ0v) is 13.4. The molecular formula is C18H20N4O2. The summed E-state index contributed by atoms with van der Waals surface area (Å²) in [6.07, 6.45) is 3.51. The van der Waals surface area contributed by atoms with Gasteiger partial charge in [0.1, 0.15) is 0 Å². The third-order valence-electron chi connectivity index (χ3n) is 5.01. The van der Waals surface area contributed by atoms with Crippen LogP contribution in [0, 0.1) is 5.92 Å². The Balaban J connectivity index is 1.67. The number of para-hydroxylation sites is 1. The van der Waals surface area contributed by atoms with Gasteiger partial charge in [0.2, 0.25) is 5.91 Å². The van der Waals surface area contributed by atoms with E-state index in [2.05, 4.69) is 5.10 Å². The van der Waals surface area contributed by atoms with E-state index >= 15 is 0 Å². The first kappa shape index (κ1) is 14.9. The molecule has 0 saturated carbocycles. The molecule has 2 heterocycles. The highest BCUT2D eigenvalue weighted by atomic mass is 16.2. The molecule has 2 N–H and O–H groups in total. The topological polar surface area (TPSA) is 81.2 Å². The van der Waals surface area contributed by atoms with Crippen LogP contribution in [0.25, 0.3) is 5.69 Å². The van der Waals surface area contributed by atoms with Gasteiger partial charge in [-0.25, -0.2) is 4.68 Å². The van der Waals surface area contributed by atoms with Gasteiger partial charge in [-0.15, -0.1) is 0 Å². The molecule has 1 aromatic heterocycles. The predicted octanol–water partition coefficient (Wildman–Crippen LogP) is 1.31. The number of benzene rings is 1. The van der Waals surface area contributed by atoms with Crippen molar-refractivity contribution < 1.29 is 9.59 Å². The van der Waals surface area contributed by atoms with Crippen LogP contribution in [0.15, 0.2) is 30.3 Å². The first-order chi connectivity index (χ1) is 11.6. The molecular weight excluding hydrogens is 304 g/mol. The van der Waals surface area contributed by atoms with Gasteiger partial charge < -0.3 is 10.6 Å². The van der Waals surface area contributed by atoms with Crippen molar-refractivity contribution in [3.05, 3.63) is 47.3 Å². The maximum atomic E-state index is 12.9. The molecule has 1 aliphatic heterocycles. The van der Waals surface area contributed by atoms with Crippen molar-refractivity contribution in [2.24, 2.45) is 11.7 Å². The predicted molar refractivity (Wildman–Crippen MR) is 88.8 cm³/mol. The Morgan fingerprint density at radius 3 is 2.67 bits per heavy atom. The van der Waals surface area contributed by atoms with Gasteiger partial charge in [0.05, 0.1) is 11.6 Å². The van der Waals surface area contributed by atoms with E-state index in [1.165, 1.54) is 0 Å². The van der Waals surface area contributed by atoms with E-state index in [9.17, 15) is 9.59 Å². The number of primary amides is 1. The highest BCUT2D eigenvalue weighted by molar-refractivity contribution is 5.95. The minimum atomic E-state index is -0.328. The number of aromatic nitrogens is 2. The molecule has 1 atom stereocenters. The molecule has 1 fully saturated rings. The second-order valence-corrected chi connectivity index (χ2v) is 6.51. The van der Waals surface area contributed by atoms with Gasteiger partial charge in [-0.2, -0.15) is 5.10 Å². The highest BCUT2D eigenvalue weighted by Gasteiger charge is 2.34. The number of nitrogens with zero attached hydrogens (tertiary/aromatic N) is 3. The van der Waals surface area contributed by atoms with E-state index in [0.29, 0.717) is 25.2 Å². The fourth-order valence-electron chi connectivity index (χ4n) is 3.72. The Morgan fingerprint density at radius 1 is 1.17 bits per heavy atom. The van der Waals surface area contributed by atoms with E-state index in [1.807, 2.05) is 35.0 Å². The van der Waals surface area contributed by atoms with Gasteiger partial charge in [-0.05, 0) is 37.8 Å². The van der Waals surface area contributed by atoms with Crippen LogP contribution < -0.4 is 5.73 Å². The number of rotatable bonds is 3. The molecule has 1 unspecified atom stereocenters. The first-order valence-electron chi connectivity index (χ1n) is 8.40. The number of hydrogen-bond donors (Lipinski definition) is 1. The van der Waals surface area contributed by atoms with E-state index in [4.69, 9.17) is 5.73 Å². The molecule has 124 valence electrons. The zero-order valence-electron chi connectivity index (χ0n) is 13.4. The van der Waals surface area contributed by atoms with Crippen molar-refractivity contribution in [2.45, 2.75) is 25.7 Å². The van der Waals surface area contributed by atoms with Gasteiger partial charge in [0, 0.05) is 24.3 Å². The van der Waals surface area contributed by atoms with Crippen LogP contribution in [0.5, 0.6) is 0 Å². The summed E-state index contributed by atoms with van der Waals surface area (Å²) >= 11 is 0. The number of carbonyl (C=O) groups excluding carboxylic acids is 2. The molecule has 0 bridgehead atoms. The average molecular weight is 324 g/mol. The molecule has 6 nitrogen and oxygen atoms in total. The second kappa shape index (κ2) is 5.78. The zero-order chi connectivity index (χ0) is 16.7. The average Bonchev–Trinajstić information content (AvgIpc) is 3.31. The summed E-state index contributed by atoms with van der Waals surface area (Å²) in [5.41, 5.74) is 9.08. The molecule has 2 aliphatic rings. The van der Waals surface area contributed by atoms with Gasteiger partial charge in [0.15, 0.2) is 5.69 Å². The van der Waals surface area contributed by atoms with Crippen LogP contribution in [0.3, 0.4) is 0 Å². The maximum Gasteiger partial charge on any atom is 0.274 e. The molecule has 1 aliphatic carbocycles. The maximum absolute atomic E-state index is 12.9. The van der Waals surface area contributed by atoms with Crippen LogP contribution in [0.1, 0.15) is 34.6 Å². The number of carbonyl (C=O) groups is 2. The van der Waals surface area contributed by atoms with Crippen LogP contribution >= 0.6 is 0 Å². The van der Waals surface area contributed by atoms with Crippen molar-refractivity contribution >= 4 is 11.8 Å². The lowest BCUT2D eigenvalue weighted by molar-refractivity contribution is -0.121. The summed E-state index contributed by atoms with van der Waals surface area (Å²) in [7, 11) is 0. The summed E-state index contributed by atoms with van der Waals surface area (Å²) in [6.45, 7) is 0.973. The third-order valence-corrected chi connectivity index (χ3v) is 5.01. The van der Waals surface area contributed by atoms with Crippen molar-refractivity contribution in [2.75, 3.05) is 13.1 Å². The van der Waals surface area contributed by atoms with Crippen molar-refractivity contribution in [1.82, 2.24) is 14.7 Å². The first-order valence-corrected chi connectivity index (χ1v) is 8.40. The number of hydrogen-bond acceptors (Lipinski definition) is 3. The smallest absolute Gasteiger partial charge is 0.274 e. The van der Waals surface area contributed by atoms with E-state index < -0.39 is 0 Å². The van der Waals surface area contributed by atoms with E-state index in [-0.39, 0.29) is 17.7 Å². The molecule has 1 saturated heterocycles. The Morgan fingerprint density at radius 2 is 1.96 bits per heavy atom. The van der Waals surface area contributed by atoms with Gasteiger partial charge >= 0.3 is 0 Å². The van der Waals surface area contributed by atoms with Crippen molar-refractivity contribution in [3.8, 4) is 5.69 Å². The van der Waals surface area contributed by atoms with Crippen LogP contribution in [0.4, 0.5) is 0 Å². The Labute approximate surface area is 140 Å². The minimum absolute atomic E-state index is 0.0772. The van der Waals surface area contributed by atoms with Crippen LogP contribution in [-0.4, -0.2) is 39.6 Å². The quantitative estimate of drug-likeness (QED) is 0.924. The fourth-order valence-corrected chi connectivity index (χ4v) is 3.72.